The minimum atomic E-state index is -0.198. The number of halogens is 1. The van der Waals surface area contributed by atoms with Crippen LogP contribution in [0, 0.1) is 0 Å². The number of rotatable bonds is 7. The summed E-state index contributed by atoms with van der Waals surface area (Å²) in [5.41, 5.74) is 1.45. The summed E-state index contributed by atoms with van der Waals surface area (Å²) in [6.07, 6.45) is 0. The molecule has 0 heterocycles. The second-order valence-corrected chi connectivity index (χ2v) is 6.22. The number of carbonyl (C=O) groups is 1. The molecule has 0 saturated heterocycles. The van der Waals surface area contributed by atoms with Crippen molar-refractivity contribution in [3.8, 4) is 11.5 Å². The lowest BCUT2D eigenvalue weighted by atomic mass is 10.1. The van der Waals surface area contributed by atoms with Crippen LogP contribution in [0.15, 0.2) is 42.5 Å². The second-order valence-electron chi connectivity index (χ2n) is 5.81. The van der Waals surface area contributed by atoms with E-state index in [1.807, 2.05) is 43.3 Å². The predicted molar refractivity (Wildman–Crippen MR) is 99.8 cm³/mol. The molecule has 1 atom stereocenters. The van der Waals surface area contributed by atoms with Gasteiger partial charge in [-0.15, -0.1) is 0 Å². The van der Waals surface area contributed by atoms with Crippen molar-refractivity contribution in [2.45, 2.75) is 6.04 Å². The Labute approximate surface area is 153 Å². The molecule has 0 spiro atoms. The average molecular weight is 363 g/mol. The minimum Gasteiger partial charge on any atom is -0.497 e. The standard InChI is InChI=1S/C19H23ClN2O3/c1-22(2)18(16-7-5-6-8-17(16)20)12-21-19(23)13-9-14(24-3)11-15(10-13)25-4/h5-11,18H,12H2,1-4H3,(H,21,23). The average Bonchev–Trinajstić information content (AvgIpc) is 2.62. The second kappa shape index (κ2) is 8.74. The molecule has 2 aromatic carbocycles. The van der Waals surface area contributed by atoms with Crippen molar-refractivity contribution in [2.24, 2.45) is 0 Å². The first-order valence-electron chi connectivity index (χ1n) is 7.88. The zero-order valence-electron chi connectivity index (χ0n) is 14.9. The van der Waals surface area contributed by atoms with Gasteiger partial charge in [0.2, 0.25) is 0 Å². The maximum absolute atomic E-state index is 12.6. The van der Waals surface area contributed by atoms with Crippen LogP contribution >= 0.6 is 11.6 Å². The fraction of sp³-hybridized carbons (Fsp3) is 0.316. The molecule has 134 valence electrons. The van der Waals surface area contributed by atoms with Gasteiger partial charge in [-0.1, -0.05) is 29.8 Å². The molecule has 1 amide bonds. The van der Waals surface area contributed by atoms with Crippen molar-refractivity contribution in [1.82, 2.24) is 10.2 Å². The number of nitrogens with zero attached hydrogens (tertiary/aromatic N) is 1. The molecular weight excluding hydrogens is 340 g/mol. The number of ether oxygens (including phenoxy) is 2. The fourth-order valence-corrected chi connectivity index (χ4v) is 2.81. The highest BCUT2D eigenvalue weighted by molar-refractivity contribution is 6.31. The van der Waals surface area contributed by atoms with Gasteiger partial charge in [0.05, 0.1) is 20.3 Å². The van der Waals surface area contributed by atoms with Crippen LogP contribution in [0.3, 0.4) is 0 Å². The van der Waals surface area contributed by atoms with Gasteiger partial charge < -0.3 is 19.7 Å². The Morgan fingerprint density at radius 1 is 1.12 bits per heavy atom. The number of amides is 1. The van der Waals surface area contributed by atoms with Crippen molar-refractivity contribution in [3.05, 3.63) is 58.6 Å². The van der Waals surface area contributed by atoms with Crippen LogP contribution in [0.25, 0.3) is 0 Å². The van der Waals surface area contributed by atoms with E-state index in [4.69, 9.17) is 21.1 Å². The molecule has 1 N–H and O–H groups in total. The Bertz CT molecular complexity index is 712. The van der Waals surface area contributed by atoms with Gasteiger partial charge in [0.1, 0.15) is 11.5 Å². The Kier molecular flexibility index (Phi) is 6.67. The first-order valence-corrected chi connectivity index (χ1v) is 8.26. The third-order valence-electron chi connectivity index (χ3n) is 3.96. The van der Waals surface area contributed by atoms with Gasteiger partial charge >= 0.3 is 0 Å². The Hall–Kier alpha value is -2.24. The molecule has 0 aliphatic carbocycles. The Balaban J connectivity index is 2.16. The van der Waals surface area contributed by atoms with E-state index in [0.29, 0.717) is 28.6 Å². The molecule has 1 unspecified atom stereocenters. The number of hydrogen-bond acceptors (Lipinski definition) is 4. The van der Waals surface area contributed by atoms with Crippen LogP contribution in [0.5, 0.6) is 11.5 Å². The molecular formula is C19H23ClN2O3. The summed E-state index contributed by atoms with van der Waals surface area (Å²) in [7, 11) is 7.01. The summed E-state index contributed by atoms with van der Waals surface area (Å²) in [6.45, 7) is 0.426. The SMILES string of the molecule is COc1cc(OC)cc(C(=O)NCC(c2ccccc2Cl)N(C)C)c1. The number of benzene rings is 2. The van der Waals surface area contributed by atoms with Gasteiger partial charge in [-0.25, -0.2) is 0 Å². The molecule has 0 saturated carbocycles. The maximum atomic E-state index is 12.6. The normalized spacial score (nSPS) is 11.9. The third kappa shape index (κ3) is 4.87. The molecule has 0 bridgehead atoms. The van der Waals surface area contributed by atoms with Crippen LogP contribution in [0.1, 0.15) is 22.0 Å². The van der Waals surface area contributed by atoms with Gasteiger partial charge in [-0.3, -0.25) is 4.79 Å². The molecule has 0 radical (unpaired) electrons. The van der Waals surface area contributed by atoms with Gasteiger partial charge in [0.15, 0.2) is 0 Å². The highest BCUT2D eigenvalue weighted by atomic mass is 35.5. The lowest BCUT2D eigenvalue weighted by Gasteiger charge is -2.26. The quantitative estimate of drug-likeness (QED) is 0.820. The van der Waals surface area contributed by atoms with E-state index in [1.165, 1.54) is 0 Å². The van der Waals surface area contributed by atoms with E-state index in [2.05, 4.69) is 5.32 Å². The van der Waals surface area contributed by atoms with E-state index < -0.39 is 0 Å². The molecule has 0 aromatic heterocycles. The first kappa shape index (κ1) is 19.1. The van der Waals surface area contributed by atoms with Crippen molar-refractivity contribution in [2.75, 3.05) is 34.9 Å². The largest absolute Gasteiger partial charge is 0.497 e. The number of likely N-dealkylation sites (N-methyl/N-ethyl adjacent to an activating group) is 1. The summed E-state index contributed by atoms with van der Waals surface area (Å²) < 4.78 is 10.4. The number of hydrogen-bond donors (Lipinski definition) is 1. The highest BCUT2D eigenvalue weighted by Gasteiger charge is 2.18. The van der Waals surface area contributed by atoms with Crippen LogP contribution in [-0.4, -0.2) is 45.7 Å². The molecule has 0 aliphatic heterocycles. The number of nitrogens with one attached hydrogen (secondary N) is 1. The molecule has 6 heteroatoms. The summed E-state index contributed by atoms with van der Waals surface area (Å²) >= 11 is 6.30. The van der Waals surface area contributed by atoms with Crippen LogP contribution in [-0.2, 0) is 0 Å². The molecule has 0 aliphatic rings. The fourth-order valence-electron chi connectivity index (χ4n) is 2.55. The van der Waals surface area contributed by atoms with Gasteiger partial charge in [0, 0.05) is 23.2 Å². The highest BCUT2D eigenvalue weighted by Crippen LogP contribution is 2.26. The van der Waals surface area contributed by atoms with E-state index in [0.717, 1.165) is 5.56 Å². The summed E-state index contributed by atoms with van der Waals surface area (Å²) in [5.74, 6) is 0.940. The molecule has 5 nitrogen and oxygen atoms in total. The molecule has 2 aromatic rings. The Morgan fingerprint density at radius 2 is 1.72 bits per heavy atom. The van der Waals surface area contributed by atoms with Gasteiger partial charge in [-0.2, -0.15) is 0 Å². The number of methoxy groups -OCH3 is 2. The third-order valence-corrected chi connectivity index (χ3v) is 4.30. The first-order chi connectivity index (χ1) is 12.0. The van der Waals surface area contributed by atoms with Gasteiger partial charge in [-0.05, 0) is 37.9 Å². The zero-order chi connectivity index (χ0) is 18.4. The Morgan fingerprint density at radius 3 is 2.24 bits per heavy atom. The lowest BCUT2D eigenvalue weighted by Crippen LogP contribution is -2.34. The monoisotopic (exact) mass is 362 g/mol. The van der Waals surface area contributed by atoms with Crippen LogP contribution < -0.4 is 14.8 Å². The lowest BCUT2D eigenvalue weighted by molar-refractivity contribution is 0.0941. The van der Waals surface area contributed by atoms with Crippen LogP contribution in [0.4, 0.5) is 0 Å². The van der Waals surface area contributed by atoms with Crippen molar-refractivity contribution >= 4 is 17.5 Å². The predicted octanol–water partition coefficient (Wildman–Crippen LogP) is 3.39. The van der Waals surface area contributed by atoms with Crippen molar-refractivity contribution in [1.29, 1.82) is 0 Å². The molecule has 2 rings (SSSR count). The number of carbonyl (C=O) groups excluding carboxylic acids is 1. The summed E-state index contributed by atoms with van der Waals surface area (Å²) in [4.78, 5) is 14.6. The van der Waals surface area contributed by atoms with Crippen LogP contribution in [0.2, 0.25) is 5.02 Å². The van der Waals surface area contributed by atoms with E-state index >= 15 is 0 Å². The summed E-state index contributed by atoms with van der Waals surface area (Å²) in [5, 5.41) is 3.64. The smallest absolute Gasteiger partial charge is 0.251 e. The topological polar surface area (TPSA) is 50.8 Å². The van der Waals surface area contributed by atoms with E-state index in [9.17, 15) is 4.79 Å². The van der Waals surface area contributed by atoms with E-state index in [-0.39, 0.29) is 11.9 Å². The van der Waals surface area contributed by atoms with Crippen molar-refractivity contribution in [3.63, 3.8) is 0 Å². The molecule has 0 fully saturated rings. The minimum absolute atomic E-state index is 0.0369. The molecule has 25 heavy (non-hydrogen) atoms. The van der Waals surface area contributed by atoms with E-state index in [1.54, 1.807) is 32.4 Å². The zero-order valence-corrected chi connectivity index (χ0v) is 15.6. The summed E-state index contributed by atoms with van der Waals surface area (Å²) in [6, 6.07) is 12.7. The maximum Gasteiger partial charge on any atom is 0.251 e. The van der Waals surface area contributed by atoms with Crippen molar-refractivity contribution < 1.29 is 14.3 Å². The van der Waals surface area contributed by atoms with Gasteiger partial charge in [0.25, 0.3) is 5.91 Å².